The maximum absolute atomic E-state index is 14.2. The summed E-state index contributed by atoms with van der Waals surface area (Å²) in [5.74, 6) is 0.170. The maximum atomic E-state index is 14.2. The van der Waals surface area contributed by atoms with Gasteiger partial charge in [-0.2, -0.15) is 0 Å². The number of rotatable bonds is 4. The molecular formula is C17H20FNO. The maximum Gasteiger partial charge on any atom is 0.151 e. The minimum absolute atomic E-state index is 0.119. The summed E-state index contributed by atoms with van der Waals surface area (Å²) in [4.78, 5) is 10.8. The van der Waals surface area contributed by atoms with Gasteiger partial charge in [0.1, 0.15) is 5.82 Å². The summed E-state index contributed by atoms with van der Waals surface area (Å²) in [6, 6.07) is 5.05. The first-order chi connectivity index (χ1) is 9.45. The van der Waals surface area contributed by atoms with Crippen molar-refractivity contribution < 1.29 is 9.18 Å². The van der Waals surface area contributed by atoms with Crippen LogP contribution in [0.25, 0.3) is 5.69 Å². The Morgan fingerprint density at radius 2 is 1.70 bits per heavy atom. The number of aldehydes is 1. The van der Waals surface area contributed by atoms with E-state index in [0.717, 1.165) is 23.1 Å². The highest BCUT2D eigenvalue weighted by atomic mass is 19.1. The van der Waals surface area contributed by atoms with Crippen LogP contribution in [0.5, 0.6) is 0 Å². The SMILES string of the molecule is CC(C)c1c(F)ccc(-n2ccc(C=O)c2)c1C(C)C. The zero-order valence-corrected chi connectivity index (χ0v) is 12.4. The molecule has 2 rings (SSSR count). The van der Waals surface area contributed by atoms with Gasteiger partial charge in [0.25, 0.3) is 0 Å². The van der Waals surface area contributed by atoms with Gasteiger partial charge in [-0.05, 0) is 41.2 Å². The molecule has 0 fully saturated rings. The van der Waals surface area contributed by atoms with Crippen molar-refractivity contribution in [3.05, 3.63) is 53.1 Å². The summed E-state index contributed by atoms with van der Waals surface area (Å²) in [7, 11) is 0. The number of halogens is 1. The molecule has 0 aliphatic heterocycles. The van der Waals surface area contributed by atoms with Gasteiger partial charge in [0.2, 0.25) is 0 Å². The second kappa shape index (κ2) is 5.61. The molecule has 20 heavy (non-hydrogen) atoms. The van der Waals surface area contributed by atoms with Crippen LogP contribution in [0.2, 0.25) is 0 Å². The molecule has 0 unspecified atom stereocenters. The molecule has 0 N–H and O–H groups in total. The predicted octanol–water partition coefficient (Wildman–Crippen LogP) is 4.68. The van der Waals surface area contributed by atoms with Gasteiger partial charge in [0, 0.05) is 23.6 Å². The van der Waals surface area contributed by atoms with Crippen LogP contribution in [-0.4, -0.2) is 10.9 Å². The Hall–Kier alpha value is -1.90. The first kappa shape index (κ1) is 14.5. The van der Waals surface area contributed by atoms with Crippen LogP contribution in [0.1, 0.15) is 61.0 Å². The summed E-state index contributed by atoms with van der Waals surface area (Å²) < 4.78 is 16.1. The predicted molar refractivity (Wildman–Crippen MR) is 79.3 cm³/mol. The smallest absolute Gasteiger partial charge is 0.151 e. The molecule has 0 saturated heterocycles. The first-order valence-electron chi connectivity index (χ1n) is 6.91. The monoisotopic (exact) mass is 273 g/mol. The highest BCUT2D eigenvalue weighted by molar-refractivity contribution is 5.74. The summed E-state index contributed by atoms with van der Waals surface area (Å²) >= 11 is 0. The van der Waals surface area contributed by atoms with Crippen LogP contribution in [0.15, 0.2) is 30.6 Å². The van der Waals surface area contributed by atoms with E-state index in [4.69, 9.17) is 0 Å². The second-order valence-electron chi connectivity index (χ2n) is 5.67. The van der Waals surface area contributed by atoms with E-state index < -0.39 is 0 Å². The van der Waals surface area contributed by atoms with E-state index in [1.54, 1.807) is 18.3 Å². The molecule has 0 atom stereocenters. The minimum Gasteiger partial charge on any atom is -0.323 e. The number of aromatic nitrogens is 1. The molecule has 1 aromatic carbocycles. The van der Waals surface area contributed by atoms with E-state index in [2.05, 4.69) is 13.8 Å². The van der Waals surface area contributed by atoms with Crippen molar-refractivity contribution in [3.63, 3.8) is 0 Å². The quantitative estimate of drug-likeness (QED) is 0.742. The van der Waals surface area contributed by atoms with Gasteiger partial charge in [0.05, 0.1) is 0 Å². The van der Waals surface area contributed by atoms with Gasteiger partial charge >= 0.3 is 0 Å². The van der Waals surface area contributed by atoms with Crippen molar-refractivity contribution in [3.8, 4) is 5.69 Å². The van der Waals surface area contributed by atoms with E-state index in [1.165, 1.54) is 6.07 Å². The normalized spacial score (nSPS) is 11.3. The molecule has 1 aromatic heterocycles. The second-order valence-corrected chi connectivity index (χ2v) is 5.67. The Morgan fingerprint density at radius 3 is 2.20 bits per heavy atom. The number of nitrogens with zero attached hydrogens (tertiary/aromatic N) is 1. The number of benzene rings is 1. The van der Waals surface area contributed by atoms with Crippen molar-refractivity contribution in [1.82, 2.24) is 4.57 Å². The average Bonchev–Trinajstić information content (AvgIpc) is 2.86. The molecule has 106 valence electrons. The Kier molecular flexibility index (Phi) is 4.07. The largest absolute Gasteiger partial charge is 0.323 e. The third-order valence-electron chi connectivity index (χ3n) is 3.50. The Morgan fingerprint density at radius 1 is 1.05 bits per heavy atom. The molecule has 0 spiro atoms. The zero-order chi connectivity index (χ0) is 14.9. The van der Waals surface area contributed by atoms with Gasteiger partial charge in [-0.25, -0.2) is 4.39 Å². The third kappa shape index (κ3) is 2.53. The van der Waals surface area contributed by atoms with Crippen LogP contribution >= 0.6 is 0 Å². The molecule has 2 nitrogen and oxygen atoms in total. The number of hydrogen-bond donors (Lipinski definition) is 0. The molecule has 0 aliphatic carbocycles. The molecule has 0 saturated carbocycles. The summed E-state index contributed by atoms with van der Waals surface area (Å²) in [5, 5.41) is 0. The lowest BCUT2D eigenvalue weighted by Gasteiger charge is -2.21. The van der Waals surface area contributed by atoms with E-state index >= 15 is 0 Å². The highest BCUT2D eigenvalue weighted by Gasteiger charge is 2.19. The van der Waals surface area contributed by atoms with E-state index in [0.29, 0.717) is 5.56 Å². The van der Waals surface area contributed by atoms with Crippen molar-refractivity contribution in [2.45, 2.75) is 39.5 Å². The van der Waals surface area contributed by atoms with Gasteiger partial charge in [-0.15, -0.1) is 0 Å². The fourth-order valence-corrected chi connectivity index (χ4v) is 2.65. The standard InChI is InChI=1S/C17H20FNO/c1-11(2)16-14(18)5-6-15(17(16)12(3)4)19-8-7-13(9-19)10-20/h5-12H,1-4H3. The Bertz CT molecular complexity index is 626. The van der Waals surface area contributed by atoms with Crippen LogP contribution in [-0.2, 0) is 0 Å². The van der Waals surface area contributed by atoms with Gasteiger partial charge in [-0.1, -0.05) is 27.7 Å². The lowest BCUT2D eigenvalue weighted by atomic mass is 9.88. The van der Waals surface area contributed by atoms with Crippen molar-refractivity contribution >= 4 is 6.29 Å². The van der Waals surface area contributed by atoms with Gasteiger partial charge in [-0.3, -0.25) is 4.79 Å². The van der Waals surface area contributed by atoms with Crippen molar-refractivity contribution in [1.29, 1.82) is 0 Å². The zero-order valence-electron chi connectivity index (χ0n) is 12.4. The lowest BCUT2D eigenvalue weighted by molar-refractivity contribution is 0.112. The highest BCUT2D eigenvalue weighted by Crippen LogP contribution is 2.33. The molecule has 0 aliphatic rings. The summed E-state index contributed by atoms with van der Waals surface area (Å²) in [6.07, 6.45) is 4.43. The Balaban J connectivity index is 2.69. The minimum atomic E-state index is -0.157. The summed E-state index contributed by atoms with van der Waals surface area (Å²) in [6.45, 7) is 8.13. The van der Waals surface area contributed by atoms with Gasteiger partial charge in [0.15, 0.2) is 6.29 Å². The molecular weight excluding hydrogens is 253 g/mol. The molecule has 0 radical (unpaired) electrons. The van der Waals surface area contributed by atoms with Gasteiger partial charge < -0.3 is 4.57 Å². The lowest BCUT2D eigenvalue weighted by Crippen LogP contribution is -2.08. The Labute approximate surface area is 119 Å². The van der Waals surface area contributed by atoms with Crippen LogP contribution in [0, 0.1) is 5.82 Å². The van der Waals surface area contributed by atoms with Crippen molar-refractivity contribution in [2.24, 2.45) is 0 Å². The third-order valence-corrected chi connectivity index (χ3v) is 3.50. The number of carbonyl (C=O) groups is 1. The number of hydrogen-bond acceptors (Lipinski definition) is 1. The average molecular weight is 273 g/mol. The molecule has 1 heterocycles. The van der Waals surface area contributed by atoms with E-state index in [1.807, 2.05) is 24.6 Å². The topological polar surface area (TPSA) is 22.0 Å². The molecule has 3 heteroatoms. The van der Waals surface area contributed by atoms with E-state index in [9.17, 15) is 9.18 Å². The molecule has 0 amide bonds. The summed E-state index contributed by atoms with van der Waals surface area (Å²) in [5.41, 5.74) is 3.33. The number of carbonyl (C=O) groups excluding carboxylic acids is 1. The van der Waals surface area contributed by atoms with Crippen LogP contribution < -0.4 is 0 Å². The van der Waals surface area contributed by atoms with Crippen LogP contribution in [0.3, 0.4) is 0 Å². The van der Waals surface area contributed by atoms with Crippen LogP contribution in [0.4, 0.5) is 4.39 Å². The molecule has 2 aromatic rings. The van der Waals surface area contributed by atoms with E-state index in [-0.39, 0.29) is 17.7 Å². The first-order valence-corrected chi connectivity index (χ1v) is 6.91. The van der Waals surface area contributed by atoms with Crippen molar-refractivity contribution in [2.75, 3.05) is 0 Å². The molecule has 0 bridgehead atoms. The fraction of sp³-hybridized carbons (Fsp3) is 0.353. The fourth-order valence-electron chi connectivity index (χ4n) is 2.65.